The highest BCUT2D eigenvalue weighted by atomic mass is 16.2. The van der Waals surface area contributed by atoms with Crippen molar-refractivity contribution in [2.45, 2.75) is 0 Å². The van der Waals surface area contributed by atoms with Crippen LogP contribution in [-0.4, -0.2) is 24.3 Å². The second kappa shape index (κ2) is 6.19. The van der Waals surface area contributed by atoms with Gasteiger partial charge in [0.05, 0.1) is 11.3 Å². The summed E-state index contributed by atoms with van der Waals surface area (Å²) in [5.74, 6) is -2.47. The van der Waals surface area contributed by atoms with Crippen molar-refractivity contribution in [1.29, 1.82) is 0 Å². The lowest BCUT2D eigenvalue weighted by Gasteiger charge is -2.09. The van der Waals surface area contributed by atoms with Gasteiger partial charge in [-0.05, 0) is 12.1 Å². The Labute approximate surface area is 104 Å². The molecule has 1 rings (SSSR count). The number of carbonyl (C=O) groups is 3. The molecule has 94 valence electrons. The van der Waals surface area contributed by atoms with E-state index >= 15 is 0 Å². The first-order valence-corrected chi connectivity index (χ1v) is 5.15. The van der Waals surface area contributed by atoms with Crippen LogP contribution in [0.3, 0.4) is 0 Å². The molecule has 0 heterocycles. The van der Waals surface area contributed by atoms with Crippen LogP contribution < -0.4 is 16.4 Å². The summed E-state index contributed by atoms with van der Waals surface area (Å²) < 4.78 is 0. The molecule has 0 saturated carbocycles. The third kappa shape index (κ3) is 3.44. The predicted octanol–water partition coefficient (Wildman–Crippen LogP) is 0.0262. The normalized spacial score (nSPS) is 9.33. The highest BCUT2D eigenvalue weighted by Crippen LogP contribution is 2.14. The van der Waals surface area contributed by atoms with Crippen LogP contribution in [0.1, 0.15) is 10.4 Å². The van der Waals surface area contributed by atoms with Gasteiger partial charge < -0.3 is 16.4 Å². The minimum absolute atomic E-state index is 0.225. The molecule has 6 heteroatoms. The van der Waals surface area contributed by atoms with Gasteiger partial charge in [-0.2, -0.15) is 0 Å². The van der Waals surface area contributed by atoms with Crippen LogP contribution in [-0.2, 0) is 9.59 Å². The summed E-state index contributed by atoms with van der Waals surface area (Å²) in [6.45, 7) is 3.78. The average Bonchev–Trinajstić information content (AvgIpc) is 2.36. The largest absolute Gasteiger partial charge is 0.361 e. The number of benzene rings is 1. The minimum Gasteiger partial charge on any atom is -0.361 e. The molecule has 1 aromatic carbocycles. The first-order valence-electron chi connectivity index (χ1n) is 5.15. The first kappa shape index (κ1) is 13.4. The number of nitrogens with two attached hydrogens (primary N) is 1. The lowest BCUT2D eigenvalue weighted by atomic mass is 10.1. The maximum absolute atomic E-state index is 11.7. The SMILES string of the molecule is C=CCNC(=O)c1ccccc1NC(=O)C(N)=O. The Kier molecular flexibility index (Phi) is 4.62. The molecule has 0 saturated heterocycles. The number of hydrogen-bond donors (Lipinski definition) is 3. The van der Waals surface area contributed by atoms with Gasteiger partial charge in [-0.15, -0.1) is 6.58 Å². The van der Waals surface area contributed by atoms with Crippen LogP contribution in [0, 0.1) is 0 Å². The molecule has 6 nitrogen and oxygen atoms in total. The maximum Gasteiger partial charge on any atom is 0.313 e. The van der Waals surface area contributed by atoms with Gasteiger partial charge >= 0.3 is 11.8 Å². The molecule has 0 aromatic heterocycles. The highest BCUT2D eigenvalue weighted by molar-refractivity contribution is 6.39. The van der Waals surface area contributed by atoms with Crippen molar-refractivity contribution in [3.63, 3.8) is 0 Å². The number of amides is 3. The number of anilines is 1. The molecule has 1 aromatic rings. The minimum atomic E-state index is -1.11. The van der Waals surface area contributed by atoms with E-state index in [1.54, 1.807) is 12.1 Å². The number of hydrogen-bond acceptors (Lipinski definition) is 3. The predicted molar refractivity (Wildman–Crippen MR) is 66.8 cm³/mol. The number of rotatable bonds is 4. The summed E-state index contributed by atoms with van der Waals surface area (Å²) in [5.41, 5.74) is 5.29. The van der Waals surface area contributed by atoms with E-state index < -0.39 is 11.8 Å². The van der Waals surface area contributed by atoms with E-state index in [0.717, 1.165) is 0 Å². The Morgan fingerprint density at radius 3 is 2.56 bits per heavy atom. The summed E-state index contributed by atoms with van der Waals surface area (Å²) in [7, 11) is 0. The van der Waals surface area contributed by atoms with Crippen molar-refractivity contribution in [1.82, 2.24) is 5.32 Å². The molecule has 0 aliphatic heterocycles. The molecule has 18 heavy (non-hydrogen) atoms. The van der Waals surface area contributed by atoms with E-state index in [4.69, 9.17) is 5.73 Å². The molecule has 0 spiro atoms. The third-order valence-electron chi connectivity index (χ3n) is 2.05. The number of primary amides is 1. The summed E-state index contributed by atoms with van der Waals surface area (Å²) in [4.78, 5) is 33.6. The molecule has 0 aliphatic carbocycles. The second-order valence-corrected chi connectivity index (χ2v) is 3.36. The Hall–Kier alpha value is -2.63. The van der Waals surface area contributed by atoms with E-state index in [-0.39, 0.29) is 17.2 Å². The van der Waals surface area contributed by atoms with Gasteiger partial charge in [0.2, 0.25) is 0 Å². The van der Waals surface area contributed by atoms with Crippen molar-refractivity contribution < 1.29 is 14.4 Å². The van der Waals surface area contributed by atoms with Crippen LogP contribution in [0.15, 0.2) is 36.9 Å². The molecule has 0 atom stereocenters. The van der Waals surface area contributed by atoms with Crippen molar-refractivity contribution in [2.24, 2.45) is 5.73 Å². The number of carbonyl (C=O) groups excluding carboxylic acids is 3. The molecular formula is C12H13N3O3. The zero-order valence-corrected chi connectivity index (χ0v) is 9.60. The van der Waals surface area contributed by atoms with Crippen molar-refractivity contribution in [3.05, 3.63) is 42.5 Å². The Morgan fingerprint density at radius 1 is 1.28 bits per heavy atom. The van der Waals surface area contributed by atoms with Crippen molar-refractivity contribution >= 4 is 23.4 Å². The Balaban J connectivity index is 2.92. The van der Waals surface area contributed by atoms with Gasteiger partial charge in [0.1, 0.15) is 0 Å². The van der Waals surface area contributed by atoms with Crippen molar-refractivity contribution in [3.8, 4) is 0 Å². The van der Waals surface area contributed by atoms with Crippen molar-refractivity contribution in [2.75, 3.05) is 11.9 Å². The van der Waals surface area contributed by atoms with Gasteiger partial charge in [-0.3, -0.25) is 14.4 Å². The monoisotopic (exact) mass is 247 g/mol. The summed E-state index contributed by atoms with van der Waals surface area (Å²) >= 11 is 0. The zero-order chi connectivity index (χ0) is 13.5. The maximum atomic E-state index is 11.7. The lowest BCUT2D eigenvalue weighted by molar-refractivity contribution is -0.134. The number of para-hydroxylation sites is 1. The highest BCUT2D eigenvalue weighted by Gasteiger charge is 2.14. The van der Waals surface area contributed by atoms with Gasteiger partial charge in [-0.1, -0.05) is 18.2 Å². The van der Waals surface area contributed by atoms with E-state index in [1.807, 2.05) is 0 Å². The topological polar surface area (TPSA) is 101 Å². The van der Waals surface area contributed by atoms with Crippen LogP contribution in [0.25, 0.3) is 0 Å². The summed E-state index contributed by atoms with van der Waals surface area (Å²) in [6, 6.07) is 6.29. The van der Waals surface area contributed by atoms with E-state index in [2.05, 4.69) is 17.2 Å². The first-order chi connectivity index (χ1) is 8.56. The summed E-state index contributed by atoms with van der Waals surface area (Å²) in [5, 5.41) is 4.83. The molecule has 0 aliphatic rings. The van der Waals surface area contributed by atoms with E-state index in [9.17, 15) is 14.4 Å². The van der Waals surface area contributed by atoms with Gasteiger partial charge in [-0.25, -0.2) is 0 Å². The van der Waals surface area contributed by atoms with Crippen LogP contribution in [0.4, 0.5) is 5.69 Å². The van der Waals surface area contributed by atoms with E-state index in [0.29, 0.717) is 6.54 Å². The Morgan fingerprint density at radius 2 is 1.94 bits per heavy atom. The standard InChI is InChI=1S/C12H13N3O3/c1-2-7-14-11(17)8-5-3-4-6-9(8)15-12(18)10(13)16/h2-6H,1,7H2,(H2,13,16)(H,14,17)(H,15,18). The fourth-order valence-electron chi connectivity index (χ4n) is 1.23. The quantitative estimate of drug-likeness (QED) is 0.516. The molecule has 3 amide bonds. The zero-order valence-electron chi connectivity index (χ0n) is 9.60. The molecule has 0 fully saturated rings. The van der Waals surface area contributed by atoms with Crippen LogP contribution in [0.5, 0.6) is 0 Å². The third-order valence-corrected chi connectivity index (χ3v) is 2.05. The Bertz CT molecular complexity index is 497. The molecule has 4 N–H and O–H groups in total. The molecule has 0 unspecified atom stereocenters. The average molecular weight is 247 g/mol. The lowest BCUT2D eigenvalue weighted by Crippen LogP contribution is -2.31. The fourth-order valence-corrected chi connectivity index (χ4v) is 1.23. The fraction of sp³-hybridized carbons (Fsp3) is 0.0833. The van der Waals surface area contributed by atoms with Gasteiger partial charge in [0, 0.05) is 6.54 Å². The smallest absolute Gasteiger partial charge is 0.313 e. The molecular weight excluding hydrogens is 234 g/mol. The summed E-state index contributed by atoms with van der Waals surface area (Å²) in [6.07, 6.45) is 1.53. The van der Waals surface area contributed by atoms with Gasteiger partial charge in [0.15, 0.2) is 0 Å². The second-order valence-electron chi connectivity index (χ2n) is 3.36. The molecule has 0 bridgehead atoms. The molecule has 0 radical (unpaired) electrons. The van der Waals surface area contributed by atoms with Gasteiger partial charge in [0.25, 0.3) is 5.91 Å². The van der Waals surface area contributed by atoms with E-state index in [1.165, 1.54) is 18.2 Å². The van der Waals surface area contributed by atoms with Crippen LogP contribution >= 0.6 is 0 Å². The van der Waals surface area contributed by atoms with Crippen LogP contribution in [0.2, 0.25) is 0 Å². The number of nitrogens with one attached hydrogen (secondary N) is 2.